The molecule has 0 fully saturated rings. The van der Waals surface area contributed by atoms with Crippen LogP contribution in [0.15, 0.2) is 42.5 Å². The molecule has 0 aliphatic rings. The van der Waals surface area contributed by atoms with Crippen LogP contribution in [0.2, 0.25) is 0 Å². The molecular formula is C16H15N3O. The molecule has 0 unspecified atom stereocenters. The van der Waals surface area contributed by atoms with Crippen LogP contribution in [0.4, 0.5) is 5.69 Å². The molecule has 100 valence electrons. The summed E-state index contributed by atoms with van der Waals surface area (Å²) in [6.07, 6.45) is 0. The number of benzene rings is 2. The van der Waals surface area contributed by atoms with E-state index in [4.69, 9.17) is 0 Å². The number of nitrogens with one attached hydrogen (secondary N) is 2. The molecule has 0 radical (unpaired) electrons. The van der Waals surface area contributed by atoms with E-state index in [1.165, 1.54) is 0 Å². The first-order chi connectivity index (χ1) is 9.65. The Hall–Kier alpha value is -2.62. The zero-order chi connectivity index (χ0) is 14.1. The third kappa shape index (κ3) is 2.16. The van der Waals surface area contributed by atoms with Gasteiger partial charge in [-0.3, -0.25) is 4.79 Å². The van der Waals surface area contributed by atoms with Crippen molar-refractivity contribution in [2.45, 2.75) is 13.8 Å². The Morgan fingerprint density at radius 1 is 1.10 bits per heavy atom. The van der Waals surface area contributed by atoms with Gasteiger partial charge < -0.3 is 10.3 Å². The number of fused-ring (bicyclic) bond motifs is 1. The van der Waals surface area contributed by atoms with Crippen LogP contribution in [-0.4, -0.2) is 15.9 Å². The summed E-state index contributed by atoms with van der Waals surface area (Å²) in [6, 6.07) is 13.3. The van der Waals surface area contributed by atoms with Gasteiger partial charge in [-0.1, -0.05) is 24.3 Å². The lowest BCUT2D eigenvalue weighted by atomic mass is 10.1. The molecule has 3 rings (SSSR count). The Morgan fingerprint density at radius 3 is 2.70 bits per heavy atom. The highest BCUT2D eigenvalue weighted by molar-refractivity contribution is 6.11. The number of carbonyl (C=O) groups is 1. The third-order valence-corrected chi connectivity index (χ3v) is 3.27. The summed E-state index contributed by atoms with van der Waals surface area (Å²) in [5, 5.41) is 2.94. The van der Waals surface area contributed by atoms with Crippen LogP contribution in [0, 0.1) is 13.8 Å². The number of aromatic amines is 1. The molecule has 0 saturated heterocycles. The monoisotopic (exact) mass is 265 g/mol. The molecule has 3 aromatic rings. The van der Waals surface area contributed by atoms with Gasteiger partial charge in [0.05, 0.1) is 11.1 Å². The lowest BCUT2D eigenvalue weighted by Crippen LogP contribution is -2.13. The van der Waals surface area contributed by atoms with E-state index < -0.39 is 0 Å². The SMILES string of the molecule is Cc1nc2c(C(=O)Nc3ccccc3C)cccc2[nH]1. The number of nitrogens with zero attached hydrogens (tertiary/aromatic N) is 1. The van der Waals surface area contributed by atoms with Gasteiger partial charge in [0.25, 0.3) is 5.91 Å². The predicted molar refractivity (Wildman–Crippen MR) is 80.0 cm³/mol. The molecule has 20 heavy (non-hydrogen) atoms. The number of rotatable bonds is 2. The van der Waals surface area contributed by atoms with E-state index in [1.54, 1.807) is 6.07 Å². The van der Waals surface area contributed by atoms with Gasteiger partial charge in [-0.05, 0) is 37.6 Å². The maximum atomic E-state index is 12.4. The standard InChI is InChI=1S/C16H15N3O/c1-10-6-3-4-8-13(10)19-16(20)12-7-5-9-14-15(12)18-11(2)17-14/h3-9H,1-2H3,(H,17,18)(H,19,20). The van der Waals surface area contributed by atoms with E-state index in [-0.39, 0.29) is 5.91 Å². The molecule has 0 aliphatic heterocycles. The first-order valence-electron chi connectivity index (χ1n) is 6.47. The number of amides is 1. The van der Waals surface area contributed by atoms with Crippen molar-refractivity contribution in [2.24, 2.45) is 0 Å². The number of carbonyl (C=O) groups excluding carboxylic acids is 1. The van der Waals surface area contributed by atoms with E-state index in [0.29, 0.717) is 11.1 Å². The normalized spacial score (nSPS) is 10.7. The summed E-state index contributed by atoms with van der Waals surface area (Å²) in [5.74, 6) is 0.660. The van der Waals surface area contributed by atoms with Gasteiger partial charge in [-0.25, -0.2) is 4.98 Å². The van der Waals surface area contributed by atoms with E-state index in [9.17, 15) is 4.79 Å². The molecule has 1 heterocycles. The highest BCUT2D eigenvalue weighted by Gasteiger charge is 2.13. The molecule has 0 atom stereocenters. The first kappa shape index (κ1) is 12.4. The maximum absolute atomic E-state index is 12.4. The molecule has 4 heteroatoms. The van der Waals surface area contributed by atoms with Crippen molar-refractivity contribution in [3.63, 3.8) is 0 Å². The lowest BCUT2D eigenvalue weighted by Gasteiger charge is -2.08. The number of imidazole rings is 1. The zero-order valence-electron chi connectivity index (χ0n) is 11.4. The maximum Gasteiger partial charge on any atom is 0.257 e. The average molecular weight is 265 g/mol. The zero-order valence-corrected chi connectivity index (χ0v) is 11.4. The van der Waals surface area contributed by atoms with Gasteiger partial charge in [-0.15, -0.1) is 0 Å². The van der Waals surface area contributed by atoms with Crippen LogP contribution in [0.1, 0.15) is 21.7 Å². The summed E-state index contributed by atoms with van der Waals surface area (Å²) in [6.45, 7) is 3.85. The van der Waals surface area contributed by atoms with E-state index in [2.05, 4.69) is 15.3 Å². The molecule has 0 spiro atoms. The predicted octanol–water partition coefficient (Wildman–Crippen LogP) is 3.43. The van der Waals surface area contributed by atoms with Gasteiger partial charge in [0.2, 0.25) is 0 Å². The summed E-state index contributed by atoms with van der Waals surface area (Å²) in [7, 11) is 0. The fraction of sp³-hybridized carbons (Fsp3) is 0.125. The van der Waals surface area contributed by atoms with Crippen LogP contribution in [-0.2, 0) is 0 Å². The number of aromatic nitrogens is 2. The lowest BCUT2D eigenvalue weighted by molar-refractivity contribution is 0.102. The number of para-hydroxylation sites is 2. The van der Waals surface area contributed by atoms with Crippen molar-refractivity contribution in [3.8, 4) is 0 Å². The van der Waals surface area contributed by atoms with Crippen molar-refractivity contribution in [1.82, 2.24) is 9.97 Å². The quantitative estimate of drug-likeness (QED) is 0.745. The van der Waals surface area contributed by atoms with Gasteiger partial charge in [-0.2, -0.15) is 0 Å². The van der Waals surface area contributed by atoms with Crippen molar-refractivity contribution in [1.29, 1.82) is 0 Å². The Morgan fingerprint density at radius 2 is 1.90 bits per heavy atom. The van der Waals surface area contributed by atoms with Crippen LogP contribution in [0.25, 0.3) is 11.0 Å². The Kier molecular flexibility index (Phi) is 2.99. The summed E-state index contributed by atoms with van der Waals surface area (Å²) < 4.78 is 0. The van der Waals surface area contributed by atoms with Gasteiger partial charge in [0.1, 0.15) is 11.3 Å². The molecule has 0 bridgehead atoms. The van der Waals surface area contributed by atoms with Crippen LogP contribution >= 0.6 is 0 Å². The molecular weight excluding hydrogens is 250 g/mol. The van der Waals surface area contributed by atoms with Crippen LogP contribution in [0.3, 0.4) is 0 Å². The molecule has 0 aliphatic carbocycles. The number of H-pyrrole nitrogens is 1. The Balaban J connectivity index is 1.99. The van der Waals surface area contributed by atoms with Crippen LogP contribution in [0.5, 0.6) is 0 Å². The van der Waals surface area contributed by atoms with Crippen molar-refractivity contribution >= 4 is 22.6 Å². The number of hydrogen-bond acceptors (Lipinski definition) is 2. The summed E-state index contributed by atoms with van der Waals surface area (Å²) in [4.78, 5) is 19.9. The van der Waals surface area contributed by atoms with Gasteiger partial charge in [0, 0.05) is 5.69 Å². The minimum Gasteiger partial charge on any atom is -0.342 e. The second kappa shape index (κ2) is 4.81. The van der Waals surface area contributed by atoms with E-state index in [1.807, 2.05) is 50.2 Å². The van der Waals surface area contributed by atoms with Crippen LogP contribution < -0.4 is 5.32 Å². The van der Waals surface area contributed by atoms with Crippen molar-refractivity contribution in [2.75, 3.05) is 5.32 Å². The minimum absolute atomic E-state index is 0.142. The molecule has 2 N–H and O–H groups in total. The number of hydrogen-bond donors (Lipinski definition) is 2. The molecule has 1 aromatic heterocycles. The number of aryl methyl sites for hydroxylation is 2. The minimum atomic E-state index is -0.142. The second-order valence-electron chi connectivity index (χ2n) is 4.79. The molecule has 4 nitrogen and oxygen atoms in total. The topological polar surface area (TPSA) is 57.8 Å². The molecule has 1 amide bonds. The van der Waals surface area contributed by atoms with E-state index in [0.717, 1.165) is 22.6 Å². The van der Waals surface area contributed by atoms with Crippen molar-refractivity contribution < 1.29 is 4.79 Å². The highest BCUT2D eigenvalue weighted by Crippen LogP contribution is 2.19. The number of anilines is 1. The second-order valence-corrected chi connectivity index (χ2v) is 4.79. The average Bonchev–Trinajstić information content (AvgIpc) is 2.81. The van der Waals surface area contributed by atoms with Gasteiger partial charge >= 0.3 is 0 Å². The molecule has 0 saturated carbocycles. The van der Waals surface area contributed by atoms with E-state index >= 15 is 0 Å². The largest absolute Gasteiger partial charge is 0.342 e. The third-order valence-electron chi connectivity index (χ3n) is 3.27. The smallest absolute Gasteiger partial charge is 0.257 e. The highest BCUT2D eigenvalue weighted by atomic mass is 16.1. The Bertz CT molecular complexity index is 789. The fourth-order valence-corrected chi connectivity index (χ4v) is 2.24. The fourth-order valence-electron chi connectivity index (χ4n) is 2.24. The van der Waals surface area contributed by atoms with Gasteiger partial charge in [0.15, 0.2) is 0 Å². The first-order valence-corrected chi connectivity index (χ1v) is 6.47. The van der Waals surface area contributed by atoms with Crippen molar-refractivity contribution in [3.05, 3.63) is 59.4 Å². The summed E-state index contributed by atoms with van der Waals surface area (Å²) in [5.41, 5.74) is 4.01. The molecule has 2 aromatic carbocycles. The Labute approximate surface area is 116 Å². The summed E-state index contributed by atoms with van der Waals surface area (Å²) >= 11 is 0.